The molecular formula is C8H17O2P. The molecule has 2 nitrogen and oxygen atoms in total. The van der Waals surface area contributed by atoms with Crippen molar-refractivity contribution >= 4 is 7.37 Å². The van der Waals surface area contributed by atoms with Gasteiger partial charge in [-0.2, -0.15) is 0 Å². The van der Waals surface area contributed by atoms with Crippen LogP contribution in [0.5, 0.6) is 0 Å². The van der Waals surface area contributed by atoms with Crippen molar-refractivity contribution in [1.29, 1.82) is 0 Å². The summed E-state index contributed by atoms with van der Waals surface area (Å²) >= 11 is 0. The highest BCUT2D eigenvalue weighted by Gasteiger charge is 2.10. The molecule has 0 aromatic carbocycles. The van der Waals surface area contributed by atoms with Gasteiger partial charge in [-0.05, 0) is 18.7 Å². The van der Waals surface area contributed by atoms with Gasteiger partial charge in [0.2, 0.25) is 7.37 Å². The van der Waals surface area contributed by atoms with Crippen molar-refractivity contribution in [2.75, 3.05) is 6.16 Å². The Hall–Kier alpha value is -0.0700. The van der Waals surface area contributed by atoms with Crippen molar-refractivity contribution in [2.45, 2.75) is 33.1 Å². The van der Waals surface area contributed by atoms with E-state index in [0.29, 0.717) is 6.16 Å². The quantitative estimate of drug-likeness (QED) is 0.654. The van der Waals surface area contributed by atoms with Crippen molar-refractivity contribution in [3.63, 3.8) is 0 Å². The monoisotopic (exact) mass is 176 g/mol. The molecule has 66 valence electrons. The molecule has 0 saturated carbocycles. The van der Waals surface area contributed by atoms with Crippen LogP contribution >= 0.6 is 7.37 Å². The van der Waals surface area contributed by atoms with Crippen LogP contribution in [0.25, 0.3) is 0 Å². The first-order valence-corrected chi connectivity index (χ1v) is 6.03. The summed E-state index contributed by atoms with van der Waals surface area (Å²) in [6.07, 6.45) is 4.83. The van der Waals surface area contributed by atoms with E-state index < -0.39 is 7.37 Å². The molecule has 0 bridgehead atoms. The molecule has 0 aliphatic heterocycles. The predicted molar refractivity (Wildman–Crippen MR) is 49.0 cm³/mol. The smallest absolute Gasteiger partial charge is 0.222 e. The molecule has 11 heavy (non-hydrogen) atoms. The fourth-order valence-electron chi connectivity index (χ4n) is 0.729. The van der Waals surface area contributed by atoms with E-state index in [1.54, 1.807) is 6.08 Å². The molecule has 0 saturated heterocycles. The van der Waals surface area contributed by atoms with Crippen molar-refractivity contribution in [3.05, 3.63) is 11.9 Å². The van der Waals surface area contributed by atoms with E-state index >= 15 is 0 Å². The van der Waals surface area contributed by atoms with Crippen LogP contribution < -0.4 is 0 Å². The van der Waals surface area contributed by atoms with Gasteiger partial charge in [-0.3, -0.25) is 4.57 Å². The molecule has 0 fully saturated rings. The summed E-state index contributed by atoms with van der Waals surface area (Å²) in [4.78, 5) is 9.25. The van der Waals surface area contributed by atoms with Crippen LogP contribution in [0.4, 0.5) is 0 Å². The van der Waals surface area contributed by atoms with Gasteiger partial charge in [0.1, 0.15) is 0 Å². The Labute approximate surface area is 68.8 Å². The molecule has 0 amide bonds. The maximum atomic E-state index is 11.2. The number of unbranched alkanes of at least 4 members (excludes halogenated alkanes) is 1. The van der Waals surface area contributed by atoms with E-state index in [0.717, 1.165) is 19.3 Å². The first kappa shape index (κ1) is 10.9. The molecular weight excluding hydrogens is 159 g/mol. The second kappa shape index (κ2) is 5.56. The molecule has 1 unspecified atom stereocenters. The minimum absolute atomic E-state index is 0.431. The highest BCUT2D eigenvalue weighted by atomic mass is 31.2. The predicted octanol–water partition coefficient (Wildman–Crippen LogP) is 2.98. The van der Waals surface area contributed by atoms with E-state index in [4.69, 9.17) is 0 Å². The lowest BCUT2D eigenvalue weighted by molar-refractivity contribution is 0.486. The molecule has 3 heteroatoms. The Morgan fingerprint density at radius 3 is 2.55 bits per heavy atom. The van der Waals surface area contributed by atoms with Gasteiger partial charge in [0.15, 0.2) is 0 Å². The van der Waals surface area contributed by atoms with Gasteiger partial charge in [0.05, 0.1) is 0 Å². The van der Waals surface area contributed by atoms with Crippen molar-refractivity contribution in [1.82, 2.24) is 0 Å². The molecule has 0 aliphatic carbocycles. The van der Waals surface area contributed by atoms with E-state index in [2.05, 4.69) is 0 Å². The van der Waals surface area contributed by atoms with Crippen LogP contribution in [0, 0.1) is 0 Å². The molecule has 0 spiro atoms. The summed E-state index contributed by atoms with van der Waals surface area (Å²) in [5, 5.41) is 0. The average Bonchev–Trinajstić information content (AvgIpc) is 1.97. The van der Waals surface area contributed by atoms with Gasteiger partial charge < -0.3 is 4.89 Å². The second-order valence-electron chi connectivity index (χ2n) is 2.63. The average molecular weight is 176 g/mol. The summed E-state index contributed by atoms with van der Waals surface area (Å²) in [6, 6.07) is 0. The molecule has 1 atom stereocenters. The van der Waals surface area contributed by atoms with Gasteiger partial charge >= 0.3 is 0 Å². The summed E-state index contributed by atoms with van der Waals surface area (Å²) < 4.78 is 11.2. The van der Waals surface area contributed by atoms with Crippen LogP contribution in [0.1, 0.15) is 33.1 Å². The zero-order chi connectivity index (χ0) is 8.74. The van der Waals surface area contributed by atoms with Crippen LogP contribution in [0.15, 0.2) is 11.9 Å². The third-order valence-electron chi connectivity index (χ3n) is 1.41. The summed E-state index contributed by atoms with van der Waals surface area (Å²) in [7, 11) is -2.91. The Morgan fingerprint density at radius 2 is 2.09 bits per heavy atom. The molecule has 0 heterocycles. The van der Waals surface area contributed by atoms with Gasteiger partial charge in [-0.1, -0.05) is 26.3 Å². The van der Waals surface area contributed by atoms with E-state index in [1.807, 2.05) is 13.8 Å². The summed E-state index contributed by atoms with van der Waals surface area (Å²) in [6.45, 7) is 3.97. The molecule has 0 radical (unpaired) electrons. The minimum Gasteiger partial charge on any atom is -0.341 e. The van der Waals surface area contributed by atoms with Crippen molar-refractivity contribution < 1.29 is 9.46 Å². The molecule has 1 N–H and O–H groups in total. The van der Waals surface area contributed by atoms with E-state index in [-0.39, 0.29) is 0 Å². The third kappa shape index (κ3) is 6.33. The highest BCUT2D eigenvalue weighted by Crippen LogP contribution is 2.42. The minimum atomic E-state index is -2.91. The maximum absolute atomic E-state index is 11.2. The van der Waals surface area contributed by atoms with Crippen LogP contribution in [0.3, 0.4) is 0 Å². The number of rotatable bonds is 5. The Kier molecular flexibility index (Phi) is 5.53. The fraction of sp³-hybridized carbons (Fsp3) is 0.750. The third-order valence-corrected chi connectivity index (χ3v) is 3.04. The Balaban J connectivity index is 3.80. The lowest BCUT2D eigenvalue weighted by atomic mass is 10.4. The van der Waals surface area contributed by atoms with Gasteiger partial charge in [-0.15, -0.1) is 0 Å². The standard InChI is InChI=1S/C8H17O2P/c1-3-5-7-11(9,10)8-6-4-2/h5,7H,3-4,6,8H2,1-2H3,(H,9,10). The van der Waals surface area contributed by atoms with Crippen LogP contribution in [0.2, 0.25) is 0 Å². The zero-order valence-electron chi connectivity index (χ0n) is 7.29. The number of hydrogen-bond acceptors (Lipinski definition) is 1. The lowest BCUT2D eigenvalue weighted by Crippen LogP contribution is -1.84. The topological polar surface area (TPSA) is 37.3 Å². The van der Waals surface area contributed by atoms with Crippen molar-refractivity contribution in [2.24, 2.45) is 0 Å². The molecule has 0 rings (SSSR count). The van der Waals surface area contributed by atoms with E-state index in [1.165, 1.54) is 5.82 Å². The maximum Gasteiger partial charge on any atom is 0.222 e. The van der Waals surface area contributed by atoms with Gasteiger partial charge in [-0.25, -0.2) is 0 Å². The number of allylic oxidation sites excluding steroid dienone is 1. The highest BCUT2D eigenvalue weighted by molar-refractivity contribution is 7.61. The van der Waals surface area contributed by atoms with Crippen molar-refractivity contribution in [3.8, 4) is 0 Å². The first-order chi connectivity index (χ1) is 5.12. The zero-order valence-corrected chi connectivity index (χ0v) is 8.18. The Morgan fingerprint density at radius 1 is 1.45 bits per heavy atom. The number of hydrogen-bond donors (Lipinski definition) is 1. The van der Waals surface area contributed by atoms with Crippen LogP contribution in [-0.2, 0) is 4.57 Å². The normalized spacial score (nSPS) is 17.0. The summed E-state index contributed by atoms with van der Waals surface area (Å²) in [5.41, 5.74) is 0. The molecule has 0 aromatic rings. The van der Waals surface area contributed by atoms with Gasteiger partial charge in [0, 0.05) is 6.16 Å². The van der Waals surface area contributed by atoms with Gasteiger partial charge in [0.25, 0.3) is 0 Å². The fourth-order valence-corrected chi connectivity index (χ4v) is 2.19. The second-order valence-corrected chi connectivity index (χ2v) is 4.88. The lowest BCUT2D eigenvalue weighted by Gasteiger charge is -2.03. The largest absolute Gasteiger partial charge is 0.341 e. The van der Waals surface area contributed by atoms with Crippen LogP contribution in [-0.4, -0.2) is 11.1 Å². The molecule has 0 aromatic heterocycles. The van der Waals surface area contributed by atoms with E-state index in [9.17, 15) is 9.46 Å². The first-order valence-electron chi connectivity index (χ1n) is 4.11. The molecule has 0 aliphatic rings. The SMILES string of the molecule is CCC=CP(=O)(O)CCCC. The Bertz CT molecular complexity index is 163. The summed E-state index contributed by atoms with van der Waals surface area (Å²) in [5.74, 6) is 1.46.